The first-order chi connectivity index (χ1) is 9.61. The Bertz CT molecular complexity index is 644. The molecule has 20 heavy (non-hydrogen) atoms. The second kappa shape index (κ2) is 6.39. The number of hydrogen-bond donors (Lipinski definition) is 1. The number of nitrogens with zero attached hydrogens (tertiary/aromatic N) is 1. The van der Waals surface area contributed by atoms with E-state index in [1.807, 2.05) is 6.92 Å². The third-order valence-corrected chi connectivity index (χ3v) is 2.89. The maximum absolute atomic E-state index is 12.9. The van der Waals surface area contributed by atoms with Gasteiger partial charge in [-0.3, -0.25) is 4.99 Å². The molecule has 0 bridgehead atoms. The van der Waals surface area contributed by atoms with E-state index in [2.05, 4.69) is 4.99 Å². The molecular weight excluding hydrogens is 281 g/mol. The lowest BCUT2D eigenvalue weighted by Gasteiger charge is -2.07. The summed E-state index contributed by atoms with van der Waals surface area (Å²) in [5, 5.41) is 10.2. The minimum atomic E-state index is -0.421. The SMILES string of the molecule is CCOc1cccc(C=Nc2ccc(F)cc2Cl)c1O. The van der Waals surface area contributed by atoms with Crippen molar-refractivity contribution in [2.75, 3.05) is 6.61 Å². The predicted molar refractivity (Wildman–Crippen MR) is 77.9 cm³/mol. The van der Waals surface area contributed by atoms with E-state index in [0.29, 0.717) is 23.6 Å². The minimum absolute atomic E-state index is 0.0105. The fourth-order valence-corrected chi connectivity index (χ4v) is 1.86. The number of rotatable bonds is 4. The van der Waals surface area contributed by atoms with Crippen LogP contribution in [0.1, 0.15) is 12.5 Å². The van der Waals surface area contributed by atoms with Crippen LogP contribution in [-0.2, 0) is 0 Å². The van der Waals surface area contributed by atoms with Crippen molar-refractivity contribution in [1.29, 1.82) is 0 Å². The van der Waals surface area contributed by atoms with Gasteiger partial charge in [0, 0.05) is 11.8 Å². The van der Waals surface area contributed by atoms with Crippen LogP contribution in [-0.4, -0.2) is 17.9 Å². The Morgan fingerprint density at radius 1 is 1.35 bits per heavy atom. The van der Waals surface area contributed by atoms with Gasteiger partial charge in [0.2, 0.25) is 0 Å². The Labute approximate surface area is 121 Å². The number of halogens is 2. The maximum Gasteiger partial charge on any atom is 0.166 e. The molecule has 1 N–H and O–H groups in total. The molecule has 0 saturated carbocycles. The first-order valence-corrected chi connectivity index (χ1v) is 6.43. The molecule has 104 valence electrons. The molecule has 0 radical (unpaired) electrons. The zero-order chi connectivity index (χ0) is 14.5. The summed E-state index contributed by atoms with van der Waals surface area (Å²) in [5.41, 5.74) is 0.922. The highest BCUT2D eigenvalue weighted by Crippen LogP contribution is 2.30. The Balaban J connectivity index is 2.29. The number of phenols is 1. The minimum Gasteiger partial charge on any atom is -0.504 e. The van der Waals surface area contributed by atoms with Gasteiger partial charge >= 0.3 is 0 Å². The first-order valence-electron chi connectivity index (χ1n) is 6.05. The van der Waals surface area contributed by atoms with Crippen molar-refractivity contribution >= 4 is 23.5 Å². The molecule has 0 aromatic heterocycles. The molecule has 0 aliphatic carbocycles. The van der Waals surface area contributed by atoms with E-state index < -0.39 is 5.82 Å². The quantitative estimate of drug-likeness (QED) is 0.852. The van der Waals surface area contributed by atoms with Crippen LogP contribution >= 0.6 is 11.6 Å². The lowest BCUT2D eigenvalue weighted by Crippen LogP contribution is -1.93. The van der Waals surface area contributed by atoms with Gasteiger partial charge in [-0.05, 0) is 37.3 Å². The number of aromatic hydroxyl groups is 1. The molecule has 2 aromatic rings. The fraction of sp³-hybridized carbons (Fsp3) is 0.133. The third-order valence-electron chi connectivity index (χ3n) is 2.58. The molecule has 0 atom stereocenters. The van der Waals surface area contributed by atoms with Crippen molar-refractivity contribution in [3.05, 3.63) is 52.8 Å². The van der Waals surface area contributed by atoms with Gasteiger partial charge in [-0.1, -0.05) is 17.7 Å². The van der Waals surface area contributed by atoms with Gasteiger partial charge in [-0.2, -0.15) is 0 Å². The molecule has 0 aliphatic heterocycles. The first kappa shape index (κ1) is 14.3. The lowest BCUT2D eigenvalue weighted by molar-refractivity contribution is 0.318. The molecule has 0 saturated heterocycles. The number of aliphatic imine (C=N–C) groups is 1. The molecule has 5 heteroatoms. The van der Waals surface area contributed by atoms with E-state index in [1.54, 1.807) is 18.2 Å². The van der Waals surface area contributed by atoms with Crippen LogP contribution in [0.5, 0.6) is 11.5 Å². The van der Waals surface area contributed by atoms with Gasteiger partial charge in [0.25, 0.3) is 0 Å². The van der Waals surface area contributed by atoms with Crippen LogP contribution in [0.15, 0.2) is 41.4 Å². The van der Waals surface area contributed by atoms with Gasteiger partial charge in [-0.15, -0.1) is 0 Å². The van der Waals surface area contributed by atoms with Crippen molar-refractivity contribution in [3.63, 3.8) is 0 Å². The highest BCUT2D eigenvalue weighted by molar-refractivity contribution is 6.33. The van der Waals surface area contributed by atoms with E-state index in [0.717, 1.165) is 0 Å². The predicted octanol–water partition coefficient (Wildman–Crippen LogP) is 4.33. The number of ether oxygens (including phenoxy) is 1. The zero-order valence-corrected chi connectivity index (χ0v) is 11.6. The van der Waals surface area contributed by atoms with Gasteiger partial charge in [-0.25, -0.2) is 4.39 Å². The molecule has 0 fully saturated rings. The molecule has 0 heterocycles. The molecule has 0 aliphatic rings. The van der Waals surface area contributed by atoms with Crippen molar-refractivity contribution in [2.24, 2.45) is 4.99 Å². The smallest absolute Gasteiger partial charge is 0.166 e. The van der Waals surface area contributed by atoms with Crippen LogP contribution in [0.3, 0.4) is 0 Å². The van der Waals surface area contributed by atoms with E-state index >= 15 is 0 Å². The van der Waals surface area contributed by atoms with Crippen molar-refractivity contribution < 1.29 is 14.2 Å². The normalized spacial score (nSPS) is 10.9. The lowest BCUT2D eigenvalue weighted by atomic mass is 10.2. The molecule has 0 spiro atoms. The molecule has 2 rings (SSSR count). The van der Waals surface area contributed by atoms with Gasteiger partial charge in [0.05, 0.1) is 17.3 Å². The number of benzene rings is 2. The molecule has 3 nitrogen and oxygen atoms in total. The average Bonchev–Trinajstić information content (AvgIpc) is 2.42. The van der Waals surface area contributed by atoms with E-state index in [1.165, 1.54) is 24.4 Å². The molecule has 2 aromatic carbocycles. The Morgan fingerprint density at radius 3 is 2.85 bits per heavy atom. The average molecular weight is 294 g/mol. The summed E-state index contributed by atoms with van der Waals surface area (Å²) in [6, 6.07) is 9.04. The summed E-state index contributed by atoms with van der Waals surface area (Å²) in [5.74, 6) is -0.0203. The standard InChI is InChI=1S/C15H13ClFNO2/c1-2-20-14-5-3-4-10(15(14)19)9-18-13-7-6-11(17)8-12(13)16/h3-9,19H,2H2,1H3. The van der Waals surface area contributed by atoms with Crippen molar-refractivity contribution in [2.45, 2.75) is 6.92 Å². The van der Waals surface area contributed by atoms with Crippen molar-refractivity contribution in [1.82, 2.24) is 0 Å². The summed E-state index contributed by atoms with van der Waals surface area (Å²) in [6.45, 7) is 2.29. The number of para-hydroxylation sites is 1. The zero-order valence-electron chi connectivity index (χ0n) is 10.8. The maximum atomic E-state index is 12.9. The summed E-state index contributed by atoms with van der Waals surface area (Å²) in [7, 11) is 0. The highest BCUT2D eigenvalue weighted by Gasteiger charge is 2.06. The largest absolute Gasteiger partial charge is 0.504 e. The number of phenolic OH excluding ortho intramolecular Hbond substituents is 1. The van der Waals surface area contributed by atoms with Crippen LogP contribution in [0.4, 0.5) is 10.1 Å². The summed E-state index contributed by atoms with van der Waals surface area (Å²) >= 11 is 5.88. The highest BCUT2D eigenvalue weighted by atomic mass is 35.5. The molecular formula is C15H13ClFNO2. The summed E-state index contributed by atoms with van der Waals surface area (Å²) < 4.78 is 18.2. The molecule has 0 amide bonds. The van der Waals surface area contributed by atoms with E-state index in [-0.39, 0.29) is 10.8 Å². The second-order valence-electron chi connectivity index (χ2n) is 3.98. The van der Waals surface area contributed by atoms with E-state index in [4.69, 9.17) is 16.3 Å². The Hall–Kier alpha value is -2.07. The van der Waals surface area contributed by atoms with Gasteiger partial charge in [0.1, 0.15) is 5.82 Å². The van der Waals surface area contributed by atoms with E-state index in [9.17, 15) is 9.50 Å². The van der Waals surface area contributed by atoms with Gasteiger partial charge in [0.15, 0.2) is 11.5 Å². The topological polar surface area (TPSA) is 41.8 Å². The monoisotopic (exact) mass is 293 g/mol. The van der Waals surface area contributed by atoms with Gasteiger partial charge < -0.3 is 9.84 Å². The number of hydrogen-bond acceptors (Lipinski definition) is 3. The summed E-state index contributed by atoms with van der Waals surface area (Å²) in [4.78, 5) is 4.14. The van der Waals surface area contributed by atoms with Crippen LogP contribution in [0.25, 0.3) is 0 Å². The Kier molecular flexibility index (Phi) is 4.58. The van der Waals surface area contributed by atoms with Crippen LogP contribution in [0.2, 0.25) is 5.02 Å². The third kappa shape index (κ3) is 3.27. The fourth-order valence-electron chi connectivity index (χ4n) is 1.64. The molecule has 0 unspecified atom stereocenters. The second-order valence-corrected chi connectivity index (χ2v) is 4.39. The van der Waals surface area contributed by atoms with Crippen LogP contribution in [0, 0.1) is 5.82 Å². The Morgan fingerprint density at radius 2 is 2.15 bits per heavy atom. The summed E-state index contributed by atoms with van der Waals surface area (Å²) in [6.07, 6.45) is 1.46. The van der Waals surface area contributed by atoms with Crippen molar-refractivity contribution in [3.8, 4) is 11.5 Å². The van der Waals surface area contributed by atoms with Crippen LogP contribution < -0.4 is 4.74 Å².